The number of hydrogen-bond acceptors (Lipinski definition) is 3. The van der Waals surface area contributed by atoms with Crippen molar-refractivity contribution in [2.24, 2.45) is 7.05 Å². The first-order chi connectivity index (χ1) is 8.15. The van der Waals surface area contributed by atoms with E-state index >= 15 is 0 Å². The summed E-state index contributed by atoms with van der Waals surface area (Å²) in [6, 6.07) is 8.79. The number of aromatic nitrogens is 1. The number of carbonyl (C=O) groups excluding carboxylic acids is 1. The molecule has 0 fully saturated rings. The lowest BCUT2D eigenvalue weighted by Crippen LogP contribution is -2.30. The summed E-state index contributed by atoms with van der Waals surface area (Å²) in [4.78, 5) is 28.2. The van der Waals surface area contributed by atoms with Gasteiger partial charge in [-0.1, -0.05) is 18.2 Å². The van der Waals surface area contributed by atoms with Gasteiger partial charge in [-0.15, -0.1) is 0 Å². The van der Waals surface area contributed by atoms with Gasteiger partial charge in [0, 0.05) is 12.4 Å². The molecule has 5 nitrogen and oxygen atoms in total. The van der Waals surface area contributed by atoms with Crippen LogP contribution in [0.3, 0.4) is 0 Å². The third kappa shape index (κ3) is 1.92. The van der Waals surface area contributed by atoms with Crippen LogP contribution in [0, 0.1) is 0 Å². The van der Waals surface area contributed by atoms with E-state index in [9.17, 15) is 9.59 Å². The summed E-state index contributed by atoms with van der Waals surface area (Å²) in [6.07, 6.45) is 0. The number of fused-ring (bicyclic) bond motifs is 1. The summed E-state index contributed by atoms with van der Waals surface area (Å²) in [5.74, 6) is -0.446. The number of amides is 1. The Morgan fingerprint density at radius 2 is 2.06 bits per heavy atom. The molecular formula is C12H12N2O3. The predicted molar refractivity (Wildman–Crippen MR) is 63.7 cm³/mol. The lowest BCUT2D eigenvalue weighted by atomic mass is 10.1. The van der Waals surface area contributed by atoms with Crippen LogP contribution in [-0.4, -0.2) is 17.6 Å². The van der Waals surface area contributed by atoms with Gasteiger partial charge >= 0.3 is 0 Å². The van der Waals surface area contributed by atoms with Gasteiger partial charge in [-0.2, -0.15) is 0 Å². The number of hydrogen-bond donors (Lipinski definition) is 1. The van der Waals surface area contributed by atoms with E-state index < -0.39 is 5.91 Å². The maximum absolute atomic E-state index is 12.0. The zero-order chi connectivity index (χ0) is 12.4. The van der Waals surface area contributed by atoms with E-state index in [1.54, 1.807) is 31.3 Å². The standard InChI is InChI=1S/C12H12N2O3/c1-14-10(11(15)13-17-2)7-8-5-3-4-6-9(8)12(14)16/h3-7H,1-2H3,(H,13,15). The third-order valence-electron chi connectivity index (χ3n) is 2.58. The number of benzene rings is 1. The predicted octanol–water partition coefficient (Wildman–Crippen LogP) is 0.830. The Balaban J connectivity index is 2.70. The molecule has 0 aliphatic carbocycles. The van der Waals surface area contributed by atoms with E-state index in [0.29, 0.717) is 5.39 Å². The van der Waals surface area contributed by atoms with E-state index in [1.807, 2.05) is 6.07 Å². The van der Waals surface area contributed by atoms with Gasteiger partial charge in [-0.3, -0.25) is 14.4 Å². The molecule has 5 heteroatoms. The van der Waals surface area contributed by atoms with Crippen LogP contribution in [0.1, 0.15) is 10.5 Å². The minimum Gasteiger partial charge on any atom is -0.306 e. The Morgan fingerprint density at radius 3 is 2.76 bits per heavy atom. The van der Waals surface area contributed by atoms with Crippen LogP contribution >= 0.6 is 0 Å². The van der Waals surface area contributed by atoms with E-state index in [0.717, 1.165) is 5.39 Å². The van der Waals surface area contributed by atoms with Crippen molar-refractivity contribution >= 4 is 16.7 Å². The zero-order valence-corrected chi connectivity index (χ0v) is 9.56. The summed E-state index contributed by atoms with van der Waals surface area (Å²) < 4.78 is 1.30. The van der Waals surface area contributed by atoms with Gasteiger partial charge in [0.15, 0.2) is 0 Å². The average molecular weight is 232 g/mol. The largest absolute Gasteiger partial charge is 0.306 e. The second kappa shape index (κ2) is 4.39. The fourth-order valence-electron chi connectivity index (χ4n) is 1.71. The molecule has 17 heavy (non-hydrogen) atoms. The molecule has 2 aromatic rings. The van der Waals surface area contributed by atoms with E-state index in [-0.39, 0.29) is 11.3 Å². The normalized spacial score (nSPS) is 10.5. The van der Waals surface area contributed by atoms with Gasteiger partial charge in [-0.05, 0) is 17.5 Å². The van der Waals surface area contributed by atoms with Gasteiger partial charge in [0.05, 0.1) is 7.11 Å². The summed E-state index contributed by atoms with van der Waals surface area (Å²) in [7, 11) is 2.90. The molecule has 1 amide bonds. The molecule has 1 aromatic carbocycles. The van der Waals surface area contributed by atoms with Gasteiger partial charge in [0.1, 0.15) is 5.69 Å². The van der Waals surface area contributed by atoms with Crippen molar-refractivity contribution in [2.45, 2.75) is 0 Å². The Morgan fingerprint density at radius 1 is 1.35 bits per heavy atom. The molecule has 1 heterocycles. The zero-order valence-electron chi connectivity index (χ0n) is 9.56. The maximum atomic E-state index is 12.0. The molecule has 0 saturated carbocycles. The molecule has 2 rings (SSSR count). The maximum Gasteiger partial charge on any atom is 0.291 e. The Hall–Kier alpha value is -2.14. The summed E-state index contributed by atoms with van der Waals surface area (Å²) in [6.45, 7) is 0. The first kappa shape index (κ1) is 11.3. The van der Waals surface area contributed by atoms with Crippen LogP contribution < -0.4 is 11.0 Å². The highest BCUT2D eigenvalue weighted by molar-refractivity contribution is 5.96. The molecule has 0 aliphatic rings. The Bertz CT molecular complexity index is 631. The second-order valence-electron chi connectivity index (χ2n) is 3.62. The second-order valence-corrected chi connectivity index (χ2v) is 3.62. The van der Waals surface area contributed by atoms with Gasteiger partial charge < -0.3 is 4.57 Å². The van der Waals surface area contributed by atoms with Crippen molar-refractivity contribution < 1.29 is 9.63 Å². The minimum absolute atomic E-state index is 0.204. The van der Waals surface area contributed by atoms with Crippen molar-refractivity contribution in [2.75, 3.05) is 7.11 Å². The SMILES string of the molecule is CONC(=O)c1cc2ccccc2c(=O)n1C. The highest BCUT2D eigenvalue weighted by Crippen LogP contribution is 2.11. The van der Waals surface area contributed by atoms with Crippen molar-refractivity contribution in [3.8, 4) is 0 Å². The number of nitrogens with zero attached hydrogens (tertiary/aromatic N) is 1. The van der Waals surface area contributed by atoms with Crippen molar-refractivity contribution in [1.29, 1.82) is 0 Å². The molecule has 88 valence electrons. The van der Waals surface area contributed by atoms with Crippen molar-refractivity contribution in [3.05, 3.63) is 46.4 Å². The van der Waals surface area contributed by atoms with Crippen LogP contribution in [0.2, 0.25) is 0 Å². The number of carbonyl (C=O) groups is 1. The average Bonchev–Trinajstić information content (AvgIpc) is 2.34. The number of nitrogens with one attached hydrogen (secondary N) is 1. The van der Waals surface area contributed by atoms with Gasteiger partial charge in [-0.25, -0.2) is 5.48 Å². The molecule has 0 atom stereocenters. The number of hydroxylamine groups is 1. The number of pyridine rings is 1. The highest BCUT2D eigenvalue weighted by Gasteiger charge is 2.12. The molecule has 0 unspecified atom stereocenters. The van der Waals surface area contributed by atoms with Crippen molar-refractivity contribution in [3.63, 3.8) is 0 Å². The molecule has 1 aromatic heterocycles. The first-order valence-corrected chi connectivity index (χ1v) is 5.07. The molecule has 1 N–H and O–H groups in total. The molecule has 0 spiro atoms. The molecule has 0 saturated heterocycles. The summed E-state index contributed by atoms with van der Waals surface area (Å²) in [5.41, 5.74) is 2.25. The van der Waals surface area contributed by atoms with E-state index in [2.05, 4.69) is 10.3 Å². The molecular weight excluding hydrogens is 220 g/mol. The lowest BCUT2D eigenvalue weighted by molar-refractivity contribution is 0.0528. The molecule has 0 radical (unpaired) electrons. The fraction of sp³-hybridized carbons (Fsp3) is 0.167. The van der Waals surface area contributed by atoms with Crippen LogP contribution in [0.5, 0.6) is 0 Å². The van der Waals surface area contributed by atoms with Crippen LogP contribution in [0.15, 0.2) is 35.1 Å². The summed E-state index contributed by atoms with van der Waals surface area (Å²) in [5, 5.41) is 1.32. The van der Waals surface area contributed by atoms with E-state index in [4.69, 9.17) is 0 Å². The number of rotatable bonds is 2. The smallest absolute Gasteiger partial charge is 0.291 e. The lowest BCUT2D eigenvalue weighted by Gasteiger charge is -2.09. The highest BCUT2D eigenvalue weighted by atomic mass is 16.6. The van der Waals surface area contributed by atoms with Crippen LogP contribution in [0.25, 0.3) is 10.8 Å². The topological polar surface area (TPSA) is 60.3 Å². The summed E-state index contributed by atoms with van der Waals surface area (Å²) >= 11 is 0. The van der Waals surface area contributed by atoms with Crippen molar-refractivity contribution in [1.82, 2.24) is 10.0 Å². The van der Waals surface area contributed by atoms with E-state index in [1.165, 1.54) is 11.7 Å². The Labute approximate surface area is 97.6 Å². The first-order valence-electron chi connectivity index (χ1n) is 5.07. The van der Waals surface area contributed by atoms with Gasteiger partial charge in [0.2, 0.25) is 0 Å². The van der Waals surface area contributed by atoms with Gasteiger partial charge in [0.25, 0.3) is 11.5 Å². The fourth-order valence-corrected chi connectivity index (χ4v) is 1.71. The monoisotopic (exact) mass is 232 g/mol. The quantitative estimate of drug-likeness (QED) is 0.780. The Kier molecular flexibility index (Phi) is 2.93. The third-order valence-corrected chi connectivity index (χ3v) is 2.58. The molecule has 0 bridgehead atoms. The minimum atomic E-state index is -0.446. The van der Waals surface area contributed by atoms with Crippen LogP contribution in [0.4, 0.5) is 0 Å². The van der Waals surface area contributed by atoms with Crippen LogP contribution in [-0.2, 0) is 11.9 Å². The molecule has 0 aliphatic heterocycles.